The Bertz CT molecular complexity index is 1230. The molecule has 0 aliphatic heterocycles. The fourth-order valence-corrected chi connectivity index (χ4v) is 4.06. The number of furan rings is 1. The van der Waals surface area contributed by atoms with Crippen LogP contribution in [0.4, 0.5) is 5.69 Å². The summed E-state index contributed by atoms with van der Waals surface area (Å²) in [5.41, 5.74) is 0.448. The zero-order valence-corrected chi connectivity index (χ0v) is 20.1. The third kappa shape index (κ3) is 6.45. The topological polar surface area (TPSA) is 82.2 Å². The number of nitrogens with zero attached hydrogens (tertiary/aromatic N) is 3. The molecule has 0 unspecified atom stereocenters. The van der Waals surface area contributed by atoms with Gasteiger partial charge >= 0.3 is 0 Å². The number of rotatable bonds is 9. The van der Waals surface area contributed by atoms with E-state index in [4.69, 9.17) is 44.0 Å². The smallest absolute Gasteiger partial charge is 0.234 e. The van der Waals surface area contributed by atoms with E-state index in [1.54, 1.807) is 54.8 Å². The maximum Gasteiger partial charge on any atom is 0.234 e. The Balaban J connectivity index is 1.45. The number of benzene rings is 2. The van der Waals surface area contributed by atoms with Gasteiger partial charge in [0.2, 0.25) is 5.91 Å². The quantitative estimate of drug-likeness (QED) is 0.263. The predicted octanol–water partition coefficient (Wildman–Crippen LogP) is 6.19. The minimum atomic E-state index is -0.254. The van der Waals surface area contributed by atoms with Crippen molar-refractivity contribution in [3.8, 4) is 5.75 Å². The van der Waals surface area contributed by atoms with Crippen LogP contribution in [0.3, 0.4) is 0 Å². The number of carbonyl (C=O) groups excluding carboxylic acids is 1. The fourth-order valence-electron chi connectivity index (χ4n) is 2.84. The van der Waals surface area contributed by atoms with Gasteiger partial charge in [0.15, 0.2) is 11.0 Å². The molecule has 33 heavy (non-hydrogen) atoms. The summed E-state index contributed by atoms with van der Waals surface area (Å²) < 4.78 is 13.1. The third-order valence-corrected chi connectivity index (χ3v) is 6.19. The molecule has 11 heteroatoms. The van der Waals surface area contributed by atoms with E-state index in [0.29, 0.717) is 44.0 Å². The van der Waals surface area contributed by atoms with Gasteiger partial charge in [-0.15, -0.1) is 10.2 Å². The van der Waals surface area contributed by atoms with E-state index < -0.39 is 0 Å². The maximum atomic E-state index is 12.5. The second kappa shape index (κ2) is 11.0. The van der Waals surface area contributed by atoms with Crippen molar-refractivity contribution in [1.82, 2.24) is 14.8 Å². The Morgan fingerprint density at radius 3 is 2.61 bits per heavy atom. The lowest BCUT2D eigenvalue weighted by molar-refractivity contribution is -0.113. The maximum absolute atomic E-state index is 12.5. The molecule has 0 aliphatic rings. The molecular weight excluding hydrogens is 507 g/mol. The lowest BCUT2D eigenvalue weighted by Crippen LogP contribution is -2.15. The molecular formula is C22H17Cl3N4O3S. The van der Waals surface area contributed by atoms with E-state index in [-0.39, 0.29) is 18.3 Å². The van der Waals surface area contributed by atoms with Crippen molar-refractivity contribution in [1.29, 1.82) is 0 Å². The standard InChI is InChI=1S/C22H17Cl3N4O3S/c23-14-3-6-16(7-4-14)32-12-20-27-28-22(29(20)11-17-2-1-9-31-17)33-13-21(30)26-19-10-15(24)5-8-18(19)25/h1-10H,11-13H2,(H,26,30). The lowest BCUT2D eigenvalue weighted by atomic mass is 10.3. The van der Waals surface area contributed by atoms with Crippen molar-refractivity contribution in [2.24, 2.45) is 0 Å². The van der Waals surface area contributed by atoms with E-state index in [2.05, 4.69) is 15.5 Å². The van der Waals surface area contributed by atoms with Gasteiger partial charge < -0.3 is 14.5 Å². The van der Waals surface area contributed by atoms with Crippen LogP contribution in [0.15, 0.2) is 70.4 Å². The number of carbonyl (C=O) groups is 1. The molecule has 1 amide bonds. The van der Waals surface area contributed by atoms with Gasteiger partial charge in [-0.2, -0.15) is 0 Å². The summed E-state index contributed by atoms with van der Waals surface area (Å²) >= 11 is 19.3. The van der Waals surface area contributed by atoms with Crippen molar-refractivity contribution in [3.05, 3.63) is 87.5 Å². The Morgan fingerprint density at radius 2 is 1.85 bits per heavy atom. The van der Waals surface area contributed by atoms with Crippen LogP contribution < -0.4 is 10.1 Å². The number of aromatic nitrogens is 3. The van der Waals surface area contributed by atoms with Crippen LogP contribution in [0, 0.1) is 0 Å². The van der Waals surface area contributed by atoms with Gasteiger partial charge in [0, 0.05) is 10.0 Å². The van der Waals surface area contributed by atoms with Gasteiger partial charge in [-0.25, -0.2) is 0 Å². The molecule has 0 saturated heterocycles. The number of hydrogen-bond acceptors (Lipinski definition) is 6. The van der Waals surface area contributed by atoms with Crippen LogP contribution in [0.2, 0.25) is 15.1 Å². The summed E-state index contributed by atoms with van der Waals surface area (Å²) in [6.45, 7) is 0.573. The highest BCUT2D eigenvalue weighted by molar-refractivity contribution is 7.99. The summed E-state index contributed by atoms with van der Waals surface area (Å²) in [5.74, 6) is 1.80. The fraction of sp³-hybridized carbons (Fsp3) is 0.136. The number of hydrogen-bond donors (Lipinski definition) is 1. The highest BCUT2D eigenvalue weighted by Crippen LogP contribution is 2.26. The van der Waals surface area contributed by atoms with Gasteiger partial charge in [0.25, 0.3) is 0 Å². The summed E-state index contributed by atoms with van der Waals surface area (Å²) in [5, 5.41) is 13.3. The largest absolute Gasteiger partial charge is 0.486 e. The number of ether oxygens (including phenoxy) is 1. The third-order valence-electron chi connectivity index (χ3n) is 4.40. The Labute approximate surface area is 209 Å². The Morgan fingerprint density at radius 1 is 1.06 bits per heavy atom. The molecule has 170 valence electrons. The van der Waals surface area contributed by atoms with Crippen molar-refractivity contribution in [2.45, 2.75) is 18.3 Å². The first-order chi connectivity index (χ1) is 16.0. The van der Waals surface area contributed by atoms with Gasteiger partial charge in [-0.05, 0) is 54.6 Å². The van der Waals surface area contributed by atoms with Crippen molar-refractivity contribution < 1.29 is 13.9 Å². The van der Waals surface area contributed by atoms with E-state index >= 15 is 0 Å². The summed E-state index contributed by atoms with van der Waals surface area (Å²) in [7, 11) is 0. The van der Waals surface area contributed by atoms with E-state index in [1.165, 1.54) is 11.8 Å². The number of thioether (sulfide) groups is 1. The molecule has 2 heterocycles. The first-order valence-corrected chi connectivity index (χ1v) is 11.8. The molecule has 0 radical (unpaired) electrons. The molecule has 4 aromatic rings. The van der Waals surface area contributed by atoms with Crippen LogP contribution in [0.5, 0.6) is 5.75 Å². The molecule has 0 bridgehead atoms. The number of nitrogens with one attached hydrogen (secondary N) is 1. The lowest BCUT2D eigenvalue weighted by Gasteiger charge is -2.10. The molecule has 2 aromatic carbocycles. The molecule has 0 spiro atoms. The van der Waals surface area contributed by atoms with E-state index in [9.17, 15) is 4.79 Å². The summed E-state index contributed by atoms with van der Waals surface area (Å²) in [6.07, 6.45) is 1.60. The Kier molecular flexibility index (Phi) is 7.82. The molecule has 2 aromatic heterocycles. The highest BCUT2D eigenvalue weighted by Gasteiger charge is 2.17. The van der Waals surface area contributed by atoms with Crippen LogP contribution in [-0.2, 0) is 17.9 Å². The average molecular weight is 524 g/mol. The number of amides is 1. The first-order valence-electron chi connectivity index (χ1n) is 9.68. The monoisotopic (exact) mass is 522 g/mol. The number of anilines is 1. The molecule has 7 nitrogen and oxygen atoms in total. The predicted molar refractivity (Wildman–Crippen MR) is 129 cm³/mol. The second-order valence-corrected chi connectivity index (χ2v) is 8.99. The SMILES string of the molecule is O=C(CSc1nnc(COc2ccc(Cl)cc2)n1Cc1ccco1)Nc1cc(Cl)ccc1Cl. The summed E-state index contributed by atoms with van der Waals surface area (Å²) in [4.78, 5) is 12.5. The molecule has 0 aliphatic carbocycles. The van der Waals surface area contributed by atoms with Gasteiger partial charge in [0.05, 0.1) is 29.3 Å². The average Bonchev–Trinajstić information content (AvgIpc) is 3.45. The Hall–Kier alpha value is -2.65. The highest BCUT2D eigenvalue weighted by atomic mass is 35.5. The second-order valence-electron chi connectivity index (χ2n) is 6.77. The van der Waals surface area contributed by atoms with Gasteiger partial charge in [0.1, 0.15) is 18.1 Å². The minimum Gasteiger partial charge on any atom is -0.486 e. The molecule has 1 N–H and O–H groups in total. The van der Waals surface area contributed by atoms with Gasteiger partial charge in [-0.3, -0.25) is 9.36 Å². The van der Waals surface area contributed by atoms with Crippen molar-refractivity contribution in [3.63, 3.8) is 0 Å². The molecule has 0 atom stereocenters. The first kappa shape index (κ1) is 23.5. The molecule has 4 rings (SSSR count). The zero-order valence-electron chi connectivity index (χ0n) is 17.0. The van der Waals surface area contributed by atoms with Crippen LogP contribution in [0.1, 0.15) is 11.6 Å². The van der Waals surface area contributed by atoms with Gasteiger partial charge in [-0.1, -0.05) is 46.6 Å². The molecule has 0 saturated carbocycles. The van der Waals surface area contributed by atoms with Crippen LogP contribution in [-0.4, -0.2) is 26.4 Å². The van der Waals surface area contributed by atoms with E-state index in [1.807, 2.05) is 10.6 Å². The minimum absolute atomic E-state index is 0.0944. The van der Waals surface area contributed by atoms with Crippen molar-refractivity contribution in [2.75, 3.05) is 11.1 Å². The van der Waals surface area contributed by atoms with Crippen LogP contribution in [0.25, 0.3) is 0 Å². The van der Waals surface area contributed by atoms with Crippen molar-refractivity contribution >= 4 is 58.2 Å². The normalized spacial score (nSPS) is 10.9. The zero-order chi connectivity index (χ0) is 23.2. The number of halogens is 3. The van der Waals surface area contributed by atoms with Crippen LogP contribution >= 0.6 is 46.6 Å². The van der Waals surface area contributed by atoms with E-state index in [0.717, 1.165) is 5.76 Å². The molecule has 0 fully saturated rings. The summed E-state index contributed by atoms with van der Waals surface area (Å²) in [6, 6.07) is 15.6.